The van der Waals surface area contributed by atoms with E-state index in [1.807, 2.05) is 19.2 Å². The van der Waals surface area contributed by atoms with Crippen molar-refractivity contribution in [1.82, 2.24) is 30.4 Å². The predicted octanol–water partition coefficient (Wildman–Crippen LogP) is 2.95. The van der Waals surface area contributed by atoms with Gasteiger partial charge in [0.1, 0.15) is 17.2 Å². The molecule has 3 aromatic rings. The van der Waals surface area contributed by atoms with Gasteiger partial charge in [-0.05, 0) is 26.2 Å². The van der Waals surface area contributed by atoms with E-state index in [1.54, 1.807) is 17.5 Å². The van der Waals surface area contributed by atoms with Crippen LogP contribution in [0.15, 0.2) is 16.1 Å². The molecule has 10 heteroatoms. The molecule has 1 aliphatic rings. The van der Waals surface area contributed by atoms with E-state index in [2.05, 4.69) is 42.2 Å². The highest BCUT2D eigenvalue weighted by Crippen LogP contribution is 2.31. The first-order chi connectivity index (χ1) is 15.1. The minimum absolute atomic E-state index is 0.0501. The van der Waals surface area contributed by atoms with Crippen LogP contribution >= 0.6 is 11.3 Å². The molecule has 1 unspecified atom stereocenters. The summed E-state index contributed by atoms with van der Waals surface area (Å²) in [5.41, 5.74) is 1.62. The monoisotopic (exact) mass is 441 g/mol. The second-order valence-corrected chi connectivity index (χ2v) is 8.56. The number of nitrogens with one attached hydrogen (secondary N) is 1. The maximum absolute atomic E-state index is 12.9. The fourth-order valence-electron chi connectivity index (χ4n) is 3.65. The molecular formula is C21H27N7O2S. The number of hydrogen-bond donors (Lipinski definition) is 1. The molecule has 9 nitrogen and oxygen atoms in total. The third-order valence-electron chi connectivity index (χ3n) is 5.34. The van der Waals surface area contributed by atoms with Crippen molar-refractivity contribution >= 4 is 23.1 Å². The fourth-order valence-corrected chi connectivity index (χ4v) is 4.40. The number of rotatable bonds is 7. The molecule has 0 radical (unpaired) electrons. The number of nitrogens with zero attached hydrogens (tertiary/aromatic N) is 6. The molecule has 31 heavy (non-hydrogen) atoms. The minimum Gasteiger partial charge on any atom is -0.355 e. The zero-order chi connectivity index (χ0) is 21.8. The van der Waals surface area contributed by atoms with Gasteiger partial charge in [0.2, 0.25) is 5.91 Å². The summed E-state index contributed by atoms with van der Waals surface area (Å²) < 4.78 is 5.43. The lowest BCUT2D eigenvalue weighted by Gasteiger charge is -2.33. The van der Waals surface area contributed by atoms with E-state index in [4.69, 9.17) is 4.52 Å². The summed E-state index contributed by atoms with van der Waals surface area (Å²) >= 11 is 1.63. The molecule has 1 amide bonds. The van der Waals surface area contributed by atoms with Crippen LogP contribution in [0, 0.1) is 12.8 Å². The lowest BCUT2D eigenvalue weighted by Crippen LogP contribution is -2.43. The van der Waals surface area contributed by atoms with Crippen molar-refractivity contribution in [2.24, 2.45) is 5.92 Å². The van der Waals surface area contributed by atoms with Gasteiger partial charge in [-0.15, -0.1) is 11.3 Å². The Morgan fingerprint density at radius 1 is 1.29 bits per heavy atom. The van der Waals surface area contributed by atoms with Crippen LogP contribution in [0.1, 0.15) is 49.0 Å². The van der Waals surface area contributed by atoms with Gasteiger partial charge in [-0.25, -0.2) is 15.0 Å². The molecule has 0 bridgehead atoms. The molecule has 1 fully saturated rings. The summed E-state index contributed by atoms with van der Waals surface area (Å²) in [5.74, 6) is 2.39. The summed E-state index contributed by atoms with van der Waals surface area (Å²) in [4.78, 5) is 32.9. The summed E-state index contributed by atoms with van der Waals surface area (Å²) in [6.45, 7) is 7.77. The van der Waals surface area contributed by atoms with Crippen molar-refractivity contribution in [3.05, 3.63) is 33.9 Å². The van der Waals surface area contributed by atoms with E-state index < -0.39 is 0 Å². The summed E-state index contributed by atoms with van der Waals surface area (Å²) in [6.07, 6.45) is 5.08. The quantitative estimate of drug-likeness (QED) is 0.596. The molecule has 1 aliphatic heterocycles. The number of piperidine rings is 1. The molecule has 4 heterocycles. The molecule has 1 saturated heterocycles. The maximum Gasteiger partial charge on any atom is 0.263 e. The van der Waals surface area contributed by atoms with Crippen LogP contribution in [-0.4, -0.2) is 44.1 Å². The van der Waals surface area contributed by atoms with E-state index >= 15 is 0 Å². The number of carbonyl (C=O) groups is 1. The number of amides is 1. The highest BCUT2D eigenvalue weighted by molar-refractivity contribution is 7.09. The predicted molar refractivity (Wildman–Crippen MR) is 118 cm³/mol. The topological polar surface area (TPSA) is 110 Å². The van der Waals surface area contributed by atoms with E-state index in [-0.39, 0.29) is 11.8 Å². The zero-order valence-corrected chi connectivity index (χ0v) is 18.9. The summed E-state index contributed by atoms with van der Waals surface area (Å²) in [5, 5.41) is 10.1. The van der Waals surface area contributed by atoms with Crippen molar-refractivity contribution < 1.29 is 9.32 Å². The third kappa shape index (κ3) is 4.90. The number of hydrogen-bond acceptors (Lipinski definition) is 9. The van der Waals surface area contributed by atoms with Crippen molar-refractivity contribution in [2.75, 3.05) is 18.0 Å². The lowest BCUT2D eigenvalue weighted by atomic mass is 9.96. The average molecular weight is 442 g/mol. The first-order valence-electron chi connectivity index (χ1n) is 10.7. The Morgan fingerprint density at radius 3 is 2.90 bits per heavy atom. The molecular weight excluding hydrogens is 414 g/mol. The molecule has 1 atom stereocenters. The van der Waals surface area contributed by atoms with E-state index in [0.29, 0.717) is 42.6 Å². The Labute approximate surface area is 185 Å². The Kier molecular flexibility index (Phi) is 6.55. The number of anilines is 1. The molecule has 4 rings (SSSR count). The van der Waals surface area contributed by atoms with Crippen molar-refractivity contribution in [3.8, 4) is 11.5 Å². The molecule has 0 spiro atoms. The molecule has 164 valence electrons. The van der Waals surface area contributed by atoms with Crippen LogP contribution in [0.3, 0.4) is 0 Å². The van der Waals surface area contributed by atoms with Gasteiger partial charge in [-0.3, -0.25) is 4.79 Å². The van der Waals surface area contributed by atoms with Gasteiger partial charge in [0.05, 0.1) is 23.2 Å². The van der Waals surface area contributed by atoms with Gasteiger partial charge in [-0.1, -0.05) is 19.0 Å². The first-order valence-corrected chi connectivity index (χ1v) is 11.6. The molecule has 1 N–H and O–H groups in total. The van der Waals surface area contributed by atoms with E-state index in [9.17, 15) is 4.79 Å². The van der Waals surface area contributed by atoms with Gasteiger partial charge in [0, 0.05) is 31.1 Å². The van der Waals surface area contributed by atoms with E-state index in [0.717, 1.165) is 42.3 Å². The van der Waals surface area contributed by atoms with Gasteiger partial charge >= 0.3 is 0 Å². The summed E-state index contributed by atoms with van der Waals surface area (Å²) in [7, 11) is 0. The number of aromatic nitrogens is 5. The maximum atomic E-state index is 12.9. The number of aryl methyl sites for hydroxylation is 3. The van der Waals surface area contributed by atoms with Crippen LogP contribution in [-0.2, 0) is 24.2 Å². The Morgan fingerprint density at radius 2 is 2.16 bits per heavy atom. The van der Waals surface area contributed by atoms with Crippen molar-refractivity contribution in [2.45, 2.75) is 53.0 Å². The molecule has 0 saturated carbocycles. The molecule has 0 aliphatic carbocycles. The highest BCUT2D eigenvalue weighted by atomic mass is 32.1. The summed E-state index contributed by atoms with van der Waals surface area (Å²) in [6, 6.07) is 0. The SMILES string of the molecule is CCc1noc(-c2cnc(C)nc2N2CCCC(C(=O)NCc3csc(CC)n3)C2)n1. The van der Waals surface area contributed by atoms with Gasteiger partial charge in [-0.2, -0.15) is 4.98 Å². The van der Waals surface area contributed by atoms with Crippen LogP contribution in [0.2, 0.25) is 0 Å². The standard InChI is InChI=1S/C21H27N7O2S/c1-4-17-26-21(30-27-17)16-10-22-13(3)24-19(16)28-8-6-7-14(11-28)20(29)23-9-15-12-31-18(5-2)25-15/h10,12,14H,4-9,11H2,1-3H3,(H,23,29). The van der Waals surface area contributed by atoms with Crippen LogP contribution < -0.4 is 10.2 Å². The second kappa shape index (κ2) is 9.51. The Hall–Kier alpha value is -2.88. The second-order valence-electron chi connectivity index (χ2n) is 7.61. The Bertz CT molecular complexity index is 1050. The van der Waals surface area contributed by atoms with Crippen molar-refractivity contribution in [3.63, 3.8) is 0 Å². The van der Waals surface area contributed by atoms with Crippen LogP contribution in [0.5, 0.6) is 0 Å². The highest BCUT2D eigenvalue weighted by Gasteiger charge is 2.29. The van der Waals surface area contributed by atoms with Gasteiger partial charge in [0.25, 0.3) is 5.89 Å². The first kappa shape index (κ1) is 21.4. The van der Waals surface area contributed by atoms with Crippen LogP contribution in [0.25, 0.3) is 11.5 Å². The van der Waals surface area contributed by atoms with E-state index in [1.165, 1.54) is 0 Å². The third-order valence-corrected chi connectivity index (χ3v) is 6.38. The average Bonchev–Trinajstić information content (AvgIpc) is 3.47. The Balaban J connectivity index is 1.47. The van der Waals surface area contributed by atoms with Crippen molar-refractivity contribution in [1.29, 1.82) is 0 Å². The fraction of sp³-hybridized carbons (Fsp3) is 0.524. The normalized spacial score (nSPS) is 16.5. The number of carbonyl (C=O) groups excluding carboxylic acids is 1. The zero-order valence-electron chi connectivity index (χ0n) is 18.1. The largest absolute Gasteiger partial charge is 0.355 e. The van der Waals surface area contributed by atoms with Gasteiger partial charge in [0.15, 0.2) is 5.82 Å². The minimum atomic E-state index is -0.116. The lowest BCUT2D eigenvalue weighted by molar-refractivity contribution is -0.125. The molecule has 3 aromatic heterocycles. The van der Waals surface area contributed by atoms with Gasteiger partial charge < -0.3 is 14.7 Å². The molecule has 0 aromatic carbocycles. The smallest absolute Gasteiger partial charge is 0.263 e. The number of thiazole rings is 1. The van der Waals surface area contributed by atoms with Crippen LogP contribution in [0.4, 0.5) is 5.82 Å².